The van der Waals surface area contributed by atoms with Gasteiger partial charge in [0.05, 0.1) is 0 Å². The van der Waals surface area contributed by atoms with Crippen LogP contribution in [0.3, 0.4) is 0 Å². The van der Waals surface area contributed by atoms with Gasteiger partial charge < -0.3 is 5.11 Å². The molecule has 0 aromatic carbocycles. The Morgan fingerprint density at radius 2 is 1.85 bits per heavy atom. The van der Waals surface area contributed by atoms with E-state index in [9.17, 15) is 9.90 Å². The van der Waals surface area contributed by atoms with E-state index in [1.807, 2.05) is 27.7 Å². The van der Waals surface area contributed by atoms with Gasteiger partial charge in [0.25, 0.3) is 0 Å². The van der Waals surface area contributed by atoms with E-state index in [4.69, 9.17) is 0 Å². The van der Waals surface area contributed by atoms with Gasteiger partial charge in [-0.25, -0.2) is 0 Å². The minimum absolute atomic E-state index is 0.00634. The van der Waals surface area contributed by atoms with Crippen LogP contribution in [0.4, 0.5) is 0 Å². The lowest BCUT2D eigenvalue weighted by Crippen LogP contribution is -2.43. The molecule has 13 heavy (non-hydrogen) atoms. The summed E-state index contributed by atoms with van der Waals surface area (Å²) < 4.78 is 0. The molecule has 0 aromatic rings. The molecule has 0 aliphatic heterocycles. The second-order valence-corrected chi connectivity index (χ2v) is 4.00. The molecule has 0 heterocycles. The van der Waals surface area contributed by atoms with Crippen LogP contribution < -0.4 is 0 Å². The molecule has 0 aliphatic carbocycles. The maximum atomic E-state index is 11.6. The topological polar surface area (TPSA) is 37.3 Å². The summed E-state index contributed by atoms with van der Waals surface area (Å²) in [4.78, 5) is 11.6. The predicted molar refractivity (Wildman–Crippen MR) is 54.6 cm³/mol. The molecule has 0 bridgehead atoms. The van der Waals surface area contributed by atoms with Crippen LogP contribution in [0.5, 0.6) is 0 Å². The zero-order valence-corrected chi connectivity index (χ0v) is 9.26. The Morgan fingerprint density at radius 3 is 2.15 bits per heavy atom. The van der Waals surface area contributed by atoms with E-state index in [-0.39, 0.29) is 11.7 Å². The third kappa shape index (κ3) is 3.11. The van der Waals surface area contributed by atoms with Crippen molar-refractivity contribution in [2.75, 3.05) is 0 Å². The Morgan fingerprint density at radius 1 is 1.31 bits per heavy atom. The molecule has 0 amide bonds. The van der Waals surface area contributed by atoms with E-state index in [0.717, 1.165) is 12.8 Å². The highest BCUT2D eigenvalue weighted by Crippen LogP contribution is 2.25. The van der Waals surface area contributed by atoms with Crippen molar-refractivity contribution < 1.29 is 9.90 Å². The SMILES string of the molecule is CCCC(=O)C(O)(CCC)C(C)C. The monoisotopic (exact) mass is 186 g/mol. The van der Waals surface area contributed by atoms with Gasteiger partial charge in [0.1, 0.15) is 5.60 Å². The van der Waals surface area contributed by atoms with Crippen molar-refractivity contribution in [1.82, 2.24) is 0 Å². The Balaban J connectivity index is 4.47. The maximum Gasteiger partial charge on any atom is 0.164 e. The standard InChI is InChI=1S/C11H22O2/c1-5-7-10(12)11(13,8-6-2)9(3)4/h9,13H,5-8H2,1-4H3. The minimum Gasteiger partial charge on any atom is -0.382 e. The fourth-order valence-electron chi connectivity index (χ4n) is 1.57. The van der Waals surface area contributed by atoms with Crippen LogP contribution in [0.25, 0.3) is 0 Å². The fraction of sp³-hybridized carbons (Fsp3) is 0.909. The molecule has 0 rings (SSSR count). The zero-order chi connectivity index (χ0) is 10.5. The summed E-state index contributed by atoms with van der Waals surface area (Å²) in [6.07, 6.45) is 2.75. The smallest absolute Gasteiger partial charge is 0.164 e. The van der Waals surface area contributed by atoms with Crippen LogP contribution in [-0.2, 0) is 4.79 Å². The number of hydrogen-bond donors (Lipinski definition) is 1. The first kappa shape index (κ1) is 12.6. The van der Waals surface area contributed by atoms with Crippen molar-refractivity contribution in [3.8, 4) is 0 Å². The highest BCUT2D eigenvalue weighted by atomic mass is 16.3. The molecule has 2 nitrogen and oxygen atoms in total. The first-order chi connectivity index (χ1) is 5.99. The minimum atomic E-state index is -1.08. The van der Waals surface area contributed by atoms with Gasteiger partial charge in [-0.2, -0.15) is 0 Å². The van der Waals surface area contributed by atoms with Crippen molar-refractivity contribution in [1.29, 1.82) is 0 Å². The van der Waals surface area contributed by atoms with Crippen LogP contribution >= 0.6 is 0 Å². The lowest BCUT2D eigenvalue weighted by Gasteiger charge is -2.30. The summed E-state index contributed by atoms with van der Waals surface area (Å²) in [5.74, 6) is 0.0263. The van der Waals surface area contributed by atoms with Crippen LogP contribution in [0.15, 0.2) is 0 Å². The molecule has 0 aromatic heterocycles. The van der Waals surface area contributed by atoms with Crippen molar-refractivity contribution in [3.63, 3.8) is 0 Å². The largest absolute Gasteiger partial charge is 0.382 e. The lowest BCUT2D eigenvalue weighted by molar-refractivity contribution is -0.143. The van der Waals surface area contributed by atoms with E-state index >= 15 is 0 Å². The molecule has 0 aliphatic rings. The van der Waals surface area contributed by atoms with E-state index in [2.05, 4.69) is 0 Å². The molecular formula is C11H22O2. The second kappa shape index (κ2) is 5.38. The van der Waals surface area contributed by atoms with Gasteiger partial charge in [-0.15, -0.1) is 0 Å². The number of hydrogen-bond acceptors (Lipinski definition) is 2. The first-order valence-corrected chi connectivity index (χ1v) is 5.24. The summed E-state index contributed by atoms with van der Waals surface area (Å²) in [6, 6.07) is 0. The van der Waals surface area contributed by atoms with E-state index in [1.54, 1.807) is 0 Å². The van der Waals surface area contributed by atoms with E-state index < -0.39 is 5.60 Å². The normalized spacial score (nSPS) is 15.8. The Labute approximate surface area is 81.3 Å². The molecule has 0 saturated heterocycles. The van der Waals surface area contributed by atoms with Gasteiger partial charge in [-0.3, -0.25) is 4.79 Å². The average Bonchev–Trinajstić information content (AvgIpc) is 2.04. The predicted octanol–water partition coefficient (Wildman–Crippen LogP) is 2.54. The quantitative estimate of drug-likeness (QED) is 0.692. The first-order valence-electron chi connectivity index (χ1n) is 5.24. The van der Waals surface area contributed by atoms with Gasteiger partial charge >= 0.3 is 0 Å². The third-order valence-corrected chi connectivity index (χ3v) is 2.55. The molecule has 0 spiro atoms. The maximum absolute atomic E-state index is 11.6. The van der Waals surface area contributed by atoms with Gasteiger partial charge in [-0.1, -0.05) is 34.1 Å². The highest BCUT2D eigenvalue weighted by molar-refractivity contribution is 5.87. The molecule has 0 radical (unpaired) electrons. The Kier molecular flexibility index (Phi) is 5.23. The number of rotatable bonds is 6. The van der Waals surface area contributed by atoms with Crippen LogP contribution in [-0.4, -0.2) is 16.5 Å². The van der Waals surface area contributed by atoms with E-state index in [1.165, 1.54) is 0 Å². The van der Waals surface area contributed by atoms with Crippen molar-refractivity contribution >= 4 is 5.78 Å². The van der Waals surface area contributed by atoms with Gasteiger partial charge in [0.15, 0.2) is 5.78 Å². The lowest BCUT2D eigenvalue weighted by atomic mass is 9.81. The van der Waals surface area contributed by atoms with Crippen LogP contribution in [0, 0.1) is 5.92 Å². The molecule has 2 heteroatoms. The third-order valence-electron chi connectivity index (χ3n) is 2.55. The summed E-state index contributed by atoms with van der Waals surface area (Å²) in [7, 11) is 0. The summed E-state index contributed by atoms with van der Waals surface area (Å²) in [5, 5.41) is 10.1. The van der Waals surface area contributed by atoms with Crippen molar-refractivity contribution in [2.24, 2.45) is 5.92 Å². The van der Waals surface area contributed by atoms with Crippen molar-refractivity contribution in [2.45, 2.75) is 59.0 Å². The second-order valence-electron chi connectivity index (χ2n) is 4.00. The summed E-state index contributed by atoms with van der Waals surface area (Å²) in [5.41, 5.74) is -1.08. The molecule has 1 atom stereocenters. The van der Waals surface area contributed by atoms with E-state index in [0.29, 0.717) is 12.8 Å². The molecule has 0 saturated carbocycles. The fourth-order valence-corrected chi connectivity index (χ4v) is 1.57. The molecule has 0 fully saturated rings. The highest BCUT2D eigenvalue weighted by Gasteiger charge is 2.36. The molecule has 1 N–H and O–H groups in total. The number of carbonyl (C=O) groups is 1. The number of ketones is 1. The summed E-state index contributed by atoms with van der Waals surface area (Å²) >= 11 is 0. The number of Topliss-reactive ketones (excluding diaryl/α,β-unsaturated/α-hetero) is 1. The van der Waals surface area contributed by atoms with Gasteiger partial charge in [0, 0.05) is 6.42 Å². The summed E-state index contributed by atoms with van der Waals surface area (Å²) in [6.45, 7) is 7.77. The zero-order valence-electron chi connectivity index (χ0n) is 9.26. The molecular weight excluding hydrogens is 164 g/mol. The number of carbonyl (C=O) groups excluding carboxylic acids is 1. The van der Waals surface area contributed by atoms with Crippen molar-refractivity contribution in [3.05, 3.63) is 0 Å². The Hall–Kier alpha value is -0.370. The molecule has 1 unspecified atom stereocenters. The van der Waals surface area contributed by atoms with Gasteiger partial charge in [0.2, 0.25) is 0 Å². The molecule has 78 valence electrons. The Bertz CT molecular complexity index is 163. The number of aliphatic hydroxyl groups is 1. The van der Waals surface area contributed by atoms with Crippen LogP contribution in [0.1, 0.15) is 53.4 Å². The average molecular weight is 186 g/mol. The van der Waals surface area contributed by atoms with Crippen LogP contribution in [0.2, 0.25) is 0 Å². The van der Waals surface area contributed by atoms with Gasteiger partial charge in [-0.05, 0) is 18.8 Å².